The number of hydrogen-bond donors (Lipinski definition) is 2. The molecule has 11 heavy (non-hydrogen) atoms. The minimum Gasteiger partial charge on any atom is -0.390 e. The van der Waals surface area contributed by atoms with Crippen molar-refractivity contribution in [2.45, 2.75) is 25.0 Å². The average Bonchev–Trinajstić information content (AvgIpc) is 2.63. The highest BCUT2D eigenvalue weighted by molar-refractivity contribution is 4.81. The summed E-state index contributed by atoms with van der Waals surface area (Å²) in [5.41, 5.74) is 0. The second-order valence-corrected chi connectivity index (χ2v) is 3.60. The molecular formula is C8H18N2O. The number of likely N-dealkylation sites (N-methyl/N-ethyl adjacent to an activating group) is 1. The Balaban J connectivity index is 1.95. The van der Waals surface area contributed by atoms with Crippen molar-refractivity contribution in [2.75, 3.05) is 27.2 Å². The van der Waals surface area contributed by atoms with Crippen LogP contribution in [0.3, 0.4) is 0 Å². The summed E-state index contributed by atoms with van der Waals surface area (Å²) < 4.78 is 0. The Morgan fingerprint density at radius 2 is 2.18 bits per heavy atom. The lowest BCUT2D eigenvalue weighted by atomic mass is 10.3. The molecule has 0 saturated heterocycles. The summed E-state index contributed by atoms with van der Waals surface area (Å²) in [5, 5.41) is 12.7. The topological polar surface area (TPSA) is 35.5 Å². The highest BCUT2D eigenvalue weighted by Gasteiger charge is 2.21. The molecule has 0 unspecified atom stereocenters. The van der Waals surface area contributed by atoms with E-state index < -0.39 is 0 Å². The summed E-state index contributed by atoms with van der Waals surface area (Å²) in [6.45, 7) is 1.49. The summed E-state index contributed by atoms with van der Waals surface area (Å²) >= 11 is 0. The molecule has 0 aromatic carbocycles. The molecule has 1 aliphatic carbocycles. The van der Waals surface area contributed by atoms with Gasteiger partial charge in [-0.15, -0.1) is 0 Å². The molecular weight excluding hydrogens is 140 g/mol. The summed E-state index contributed by atoms with van der Waals surface area (Å²) in [4.78, 5) is 2.00. The second kappa shape index (κ2) is 4.04. The maximum atomic E-state index is 9.39. The molecule has 0 bridgehead atoms. The van der Waals surface area contributed by atoms with Gasteiger partial charge < -0.3 is 15.3 Å². The lowest BCUT2D eigenvalue weighted by molar-refractivity contribution is 0.134. The number of nitrogens with zero attached hydrogens (tertiary/aromatic N) is 1. The second-order valence-electron chi connectivity index (χ2n) is 3.60. The van der Waals surface area contributed by atoms with Crippen LogP contribution in [0.2, 0.25) is 0 Å². The minimum atomic E-state index is -0.217. The molecule has 1 fully saturated rings. The molecule has 2 N–H and O–H groups in total. The Bertz CT molecular complexity index is 113. The molecule has 1 rings (SSSR count). The first-order chi connectivity index (χ1) is 5.18. The summed E-state index contributed by atoms with van der Waals surface area (Å²) in [7, 11) is 3.95. The van der Waals surface area contributed by atoms with E-state index in [9.17, 15) is 5.11 Å². The highest BCUT2D eigenvalue weighted by Crippen LogP contribution is 2.18. The van der Waals surface area contributed by atoms with Crippen molar-refractivity contribution >= 4 is 0 Å². The predicted molar refractivity (Wildman–Crippen MR) is 45.6 cm³/mol. The van der Waals surface area contributed by atoms with Gasteiger partial charge in [0, 0.05) is 19.1 Å². The van der Waals surface area contributed by atoms with Gasteiger partial charge in [0.25, 0.3) is 0 Å². The Labute approximate surface area is 68.4 Å². The molecule has 1 aliphatic rings. The smallest absolute Gasteiger partial charge is 0.0791 e. The average molecular weight is 158 g/mol. The van der Waals surface area contributed by atoms with Crippen LogP contribution in [0.5, 0.6) is 0 Å². The van der Waals surface area contributed by atoms with Crippen LogP contribution in [-0.2, 0) is 0 Å². The fourth-order valence-electron chi connectivity index (χ4n) is 1.08. The van der Waals surface area contributed by atoms with Gasteiger partial charge in [0.15, 0.2) is 0 Å². The third-order valence-corrected chi connectivity index (χ3v) is 1.80. The van der Waals surface area contributed by atoms with E-state index in [2.05, 4.69) is 5.32 Å². The van der Waals surface area contributed by atoms with Crippen molar-refractivity contribution in [3.05, 3.63) is 0 Å². The maximum Gasteiger partial charge on any atom is 0.0791 e. The molecule has 3 heteroatoms. The van der Waals surface area contributed by atoms with Crippen molar-refractivity contribution in [3.8, 4) is 0 Å². The van der Waals surface area contributed by atoms with Gasteiger partial charge in [0.2, 0.25) is 0 Å². The first kappa shape index (κ1) is 8.97. The van der Waals surface area contributed by atoms with E-state index in [0.717, 1.165) is 13.1 Å². The SMILES string of the molecule is CN(C)C[C@@H](O)CNC1CC1. The molecule has 66 valence electrons. The van der Waals surface area contributed by atoms with Crippen molar-refractivity contribution < 1.29 is 5.11 Å². The van der Waals surface area contributed by atoms with E-state index in [-0.39, 0.29) is 6.10 Å². The van der Waals surface area contributed by atoms with Gasteiger partial charge in [-0.25, -0.2) is 0 Å². The van der Waals surface area contributed by atoms with Crippen LogP contribution in [0, 0.1) is 0 Å². The van der Waals surface area contributed by atoms with Crippen molar-refractivity contribution in [3.63, 3.8) is 0 Å². The van der Waals surface area contributed by atoms with Crippen molar-refractivity contribution in [1.29, 1.82) is 0 Å². The standard InChI is InChI=1S/C8H18N2O/c1-10(2)6-8(11)5-9-7-3-4-7/h7-9,11H,3-6H2,1-2H3/t8-/m0/s1. The Morgan fingerprint density at radius 3 is 2.64 bits per heavy atom. The van der Waals surface area contributed by atoms with Crippen molar-refractivity contribution in [2.24, 2.45) is 0 Å². The van der Waals surface area contributed by atoms with E-state index in [1.54, 1.807) is 0 Å². The largest absolute Gasteiger partial charge is 0.390 e. The van der Waals surface area contributed by atoms with Gasteiger partial charge in [0.05, 0.1) is 6.10 Å². The Morgan fingerprint density at radius 1 is 1.55 bits per heavy atom. The van der Waals surface area contributed by atoms with E-state index in [0.29, 0.717) is 6.04 Å². The summed E-state index contributed by atoms with van der Waals surface area (Å²) in [6.07, 6.45) is 2.36. The van der Waals surface area contributed by atoms with E-state index in [4.69, 9.17) is 0 Å². The number of aliphatic hydroxyl groups is 1. The first-order valence-electron chi connectivity index (χ1n) is 4.24. The molecule has 0 aromatic heterocycles. The maximum absolute atomic E-state index is 9.39. The number of hydrogen-bond acceptors (Lipinski definition) is 3. The monoisotopic (exact) mass is 158 g/mol. The third kappa shape index (κ3) is 4.35. The predicted octanol–water partition coefficient (Wildman–Crippen LogP) is -0.339. The zero-order chi connectivity index (χ0) is 8.27. The van der Waals surface area contributed by atoms with Crippen LogP contribution < -0.4 is 5.32 Å². The number of nitrogens with one attached hydrogen (secondary N) is 1. The van der Waals surface area contributed by atoms with E-state index in [1.807, 2.05) is 19.0 Å². The fraction of sp³-hybridized carbons (Fsp3) is 1.00. The van der Waals surface area contributed by atoms with Gasteiger partial charge in [-0.2, -0.15) is 0 Å². The number of aliphatic hydroxyl groups excluding tert-OH is 1. The molecule has 3 nitrogen and oxygen atoms in total. The third-order valence-electron chi connectivity index (χ3n) is 1.80. The van der Waals surface area contributed by atoms with Crippen LogP contribution in [-0.4, -0.2) is 49.3 Å². The highest BCUT2D eigenvalue weighted by atomic mass is 16.3. The van der Waals surface area contributed by atoms with Gasteiger partial charge in [-0.1, -0.05) is 0 Å². The van der Waals surface area contributed by atoms with Crippen LogP contribution in [0.4, 0.5) is 0 Å². The summed E-state index contributed by atoms with van der Waals surface area (Å²) in [5.74, 6) is 0. The van der Waals surface area contributed by atoms with Crippen LogP contribution in [0.1, 0.15) is 12.8 Å². The zero-order valence-corrected chi connectivity index (χ0v) is 7.38. The Hall–Kier alpha value is -0.120. The van der Waals surface area contributed by atoms with Gasteiger partial charge in [-0.3, -0.25) is 0 Å². The van der Waals surface area contributed by atoms with E-state index in [1.165, 1.54) is 12.8 Å². The normalized spacial score (nSPS) is 20.7. The first-order valence-corrected chi connectivity index (χ1v) is 4.24. The van der Waals surface area contributed by atoms with E-state index >= 15 is 0 Å². The Kier molecular flexibility index (Phi) is 3.30. The zero-order valence-electron chi connectivity index (χ0n) is 7.38. The molecule has 0 heterocycles. The summed E-state index contributed by atoms with van der Waals surface area (Å²) in [6, 6.07) is 0.701. The molecule has 0 amide bonds. The molecule has 1 atom stereocenters. The number of rotatable bonds is 5. The van der Waals surface area contributed by atoms with Crippen LogP contribution in [0.25, 0.3) is 0 Å². The fourth-order valence-corrected chi connectivity index (χ4v) is 1.08. The molecule has 1 saturated carbocycles. The lowest BCUT2D eigenvalue weighted by Crippen LogP contribution is -2.35. The lowest BCUT2D eigenvalue weighted by Gasteiger charge is -2.15. The van der Waals surface area contributed by atoms with Gasteiger partial charge >= 0.3 is 0 Å². The molecule has 0 radical (unpaired) electrons. The van der Waals surface area contributed by atoms with Gasteiger partial charge in [-0.05, 0) is 26.9 Å². The molecule has 0 aliphatic heterocycles. The quantitative estimate of drug-likeness (QED) is 0.574. The minimum absolute atomic E-state index is 0.217. The van der Waals surface area contributed by atoms with Gasteiger partial charge in [0.1, 0.15) is 0 Å². The van der Waals surface area contributed by atoms with Crippen LogP contribution in [0.15, 0.2) is 0 Å². The molecule has 0 spiro atoms. The molecule has 0 aromatic rings. The van der Waals surface area contributed by atoms with Crippen molar-refractivity contribution in [1.82, 2.24) is 10.2 Å². The van der Waals surface area contributed by atoms with Crippen LogP contribution >= 0.6 is 0 Å².